The Balaban J connectivity index is 1.76. The molecule has 0 saturated carbocycles. The molecule has 4 aromatic rings. The summed E-state index contributed by atoms with van der Waals surface area (Å²) in [6, 6.07) is 43.2. The van der Waals surface area contributed by atoms with Gasteiger partial charge in [0.1, 0.15) is 0 Å². The summed E-state index contributed by atoms with van der Waals surface area (Å²) in [5, 5.41) is 5.22. The van der Waals surface area contributed by atoms with Crippen LogP contribution in [0.5, 0.6) is 0 Å². The van der Waals surface area contributed by atoms with Gasteiger partial charge in [0.15, 0.2) is 0 Å². The first-order valence-electron chi connectivity index (χ1n) is 12.0. The molecule has 0 nitrogen and oxygen atoms in total. The van der Waals surface area contributed by atoms with E-state index in [9.17, 15) is 0 Å². The molecule has 0 bridgehead atoms. The van der Waals surface area contributed by atoms with Crippen molar-refractivity contribution in [2.75, 3.05) is 0 Å². The van der Waals surface area contributed by atoms with E-state index in [1.807, 2.05) is 6.07 Å². The van der Waals surface area contributed by atoms with Crippen molar-refractivity contribution in [1.29, 1.82) is 0 Å². The van der Waals surface area contributed by atoms with Crippen molar-refractivity contribution < 1.29 is 17.9 Å². The first kappa shape index (κ1) is 25.8. The molecule has 177 valence electrons. The van der Waals surface area contributed by atoms with Crippen LogP contribution >= 0.6 is 7.26 Å². The Morgan fingerprint density at radius 3 is 1.36 bits per heavy atom. The van der Waals surface area contributed by atoms with Crippen LogP contribution in [0.1, 0.15) is 12.5 Å². The SMILES string of the molecule is C/C(=C\C=CC=C/C=C(\[C]#[Os])[P+](c1ccccc1)(c1ccccc1)c1ccccc1)c1ccccc1. The van der Waals surface area contributed by atoms with E-state index in [1.165, 1.54) is 32.4 Å². The van der Waals surface area contributed by atoms with Gasteiger partial charge < -0.3 is 0 Å². The zero-order chi connectivity index (χ0) is 25.1. The van der Waals surface area contributed by atoms with Gasteiger partial charge in [-0.3, -0.25) is 0 Å². The van der Waals surface area contributed by atoms with Crippen LogP contribution in [0.2, 0.25) is 0 Å². The summed E-state index contributed by atoms with van der Waals surface area (Å²) in [5.41, 5.74) is 2.49. The third kappa shape index (κ3) is 5.90. The predicted octanol–water partition coefficient (Wildman–Crippen LogP) is 7.59. The van der Waals surface area contributed by atoms with E-state index in [0.29, 0.717) is 0 Å². The molecular weight excluding hydrogens is 630 g/mol. The molecule has 0 spiro atoms. The average Bonchev–Trinajstić information content (AvgIpc) is 2.96. The van der Waals surface area contributed by atoms with Gasteiger partial charge in [-0.25, -0.2) is 0 Å². The Labute approximate surface area is 225 Å². The fraction of sp³-hybridized carbons (Fsp3) is 0.0294. The van der Waals surface area contributed by atoms with Crippen LogP contribution in [-0.2, 0) is 17.9 Å². The van der Waals surface area contributed by atoms with Crippen LogP contribution < -0.4 is 15.9 Å². The third-order valence-electron chi connectivity index (χ3n) is 6.05. The average molecular weight is 659 g/mol. The van der Waals surface area contributed by atoms with Gasteiger partial charge in [0.05, 0.1) is 0 Å². The normalized spacial score (nSPS) is 12.7. The van der Waals surface area contributed by atoms with Crippen molar-refractivity contribution in [3.8, 4) is 4.37 Å². The van der Waals surface area contributed by atoms with E-state index >= 15 is 0 Å². The monoisotopic (exact) mass is 660 g/mol. The Morgan fingerprint density at radius 1 is 0.556 bits per heavy atom. The minimum atomic E-state index is -2.11. The third-order valence-corrected chi connectivity index (χ3v) is 11.4. The van der Waals surface area contributed by atoms with Gasteiger partial charge in [-0.1, -0.05) is 6.07 Å². The molecule has 0 heterocycles. The zero-order valence-corrected chi connectivity index (χ0v) is 23.7. The van der Waals surface area contributed by atoms with Gasteiger partial charge >= 0.3 is 221 Å². The van der Waals surface area contributed by atoms with E-state index in [0.717, 1.165) is 0 Å². The van der Waals surface area contributed by atoms with Crippen molar-refractivity contribution in [2.24, 2.45) is 0 Å². The van der Waals surface area contributed by atoms with Crippen LogP contribution in [0.25, 0.3) is 5.57 Å². The molecule has 0 saturated heterocycles. The van der Waals surface area contributed by atoms with E-state index < -0.39 is 7.26 Å². The number of hydrogen-bond donors (Lipinski definition) is 0. The standard InChI is InChI=1S/C34H29P.Os/c1-29(31-21-11-5-12-22-31)19-9-3-4-10-20-30(2)35(32-23-13-6-14-24-32,33-25-15-7-16-26-33)34-27-17-8-18-28-34;/h3-28H,1H3;/q+1;/b9-3?,10-4?,29-19+,30-20+;. The van der Waals surface area contributed by atoms with Gasteiger partial charge in [-0.2, -0.15) is 0 Å². The van der Waals surface area contributed by atoms with Crippen molar-refractivity contribution in [3.05, 3.63) is 169 Å². The number of benzene rings is 4. The molecule has 0 atom stereocenters. The number of hydrogen-bond acceptors (Lipinski definition) is 0. The second-order valence-corrected chi connectivity index (χ2v) is 12.3. The van der Waals surface area contributed by atoms with Gasteiger partial charge in [0, 0.05) is 0 Å². The second kappa shape index (κ2) is 13.1. The van der Waals surface area contributed by atoms with E-state index in [1.54, 1.807) is 17.9 Å². The van der Waals surface area contributed by atoms with Gasteiger partial charge in [-0.05, 0) is 0 Å². The molecule has 0 N–H and O–H groups in total. The van der Waals surface area contributed by atoms with Crippen LogP contribution in [-0.4, -0.2) is 0 Å². The molecule has 0 aliphatic carbocycles. The maximum absolute atomic E-state index is 3.62. The summed E-state index contributed by atoms with van der Waals surface area (Å²) in [7, 11) is -2.11. The van der Waals surface area contributed by atoms with Gasteiger partial charge in [0.2, 0.25) is 0 Å². The van der Waals surface area contributed by atoms with Crippen LogP contribution in [0.15, 0.2) is 163 Å². The van der Waals surface area contributed by atoms with E-state index in [4.69, 9.17) is 0 Å². The molecule has 4 aromatic carbocycles. The Hall–Kier alpha value is -3.31. The van der Waals surface area contributed by atoms with Crippen LogP contribution in [0.4, 0.5) is 0 Å². The first-order chi connectivity index (χ1) is 17.8. The quantitative estimate of drug-likeness (QED) is 0.135. The van der Waals surface area contributed by atoms with Crippen molar-refractivity contribution in [3.63, 3.8) is 0 Å². The van der Waals surface area contributed by atoms with E-state index in [-0.39, 0.29) is 0 Å². The summed E-state index contributed by atoms with van der Waals surface area (Å²) in [5.74, 6) is 0. The van der Waals surface area contributed by atoms with Crippen LogP contribution in [0.3, 0.4) is 0 Å². The minimum absolute atomic E-state index is 1.23. The summed E-state index contributed by atoms with van der Waals surface area (Å²) in [6.07, 6.45) is 12.8. The van der Waals surface area contributed by atoms with Gasteiger partial charge in [0.25, 0.3) is 0 Å². The molecule has 0 aliphatic rings. The molecule has 4 rings (SSSR count). The van der Waals surface area contributed by atoms with Gasteiger partial charge in [-0.15, -0.1) is 0 Å². The number of allylic oxidation sites excluding steroid dienone is 8. The Bertz CT molecular complexity index is 1310. The zero-order valence-electron chi connectivity index (χ0n) is 20.3. The Kier molecular flexibility index (Phi) is 9.39. The summed E-state index contributed by atoms with van der Waals surface area (Å²) in [6.45, 7) is 2.14. The summed E-state index contributed by atoms with van der Waals surface area (Å²) in [4.78, 5) is 0. The molecule has 36 heavy (non-hydrogen) atoms. The fourth-order valence-corrected chi connectivity index (χ4v) is 9.80. The fourth-order valence-electron chi connectivity index (χ4n) is 4.29. The molecule has 0 aliphatic heterocycles. The maximum atomic E-state index is 3.62. The van der Waals surface area contributed by atoms with Crippen molar-refractivity contribution in [1.82, 2.24) is 0 Å². The topological polar surface area (TPSA) is 0 Å². The molecule has 0 fully saturated rings. The first-order valence-corrected chi connectivity index (χ1v) is 15.0. The second-order valence-electron chi connectivity index (χ2n) is 8.30. The van der Waals surface area contributed by atoms with Crippen molar-refractivity contribution in [2.45, 2.75) is 6.92 Å². The van der Waals surface area contributed by atoms with Crippen LogP contribution in [0, 0.1) is 4.37 Å². The molecule has 0 aromatic heterocycles. The Morgan fingerprint density at radius 2 is 0.944 bits per heavy atom. The molecule has 0 amide bonds. The number of rotatable bonds is 8. The predicted molar refractivity (Wildman–Crippen MR) is 155 cm³/mol. The van der Waals surface area contributed by atoms with Crippen molar-refractivity contribution >= 4 is 28.7 Å². The van der Waals surface area contributed by atoms with E-state index in [2.05, 4.69) is 163 Å². The molecular formula is C34H29OsP+. The summed E-state index contributed by atoms with van der Waals surface area (Å²) >= 11 is 1.80. The molecule has 2 heteroatoms. The summed E-state index contributed by atoms with van der Waals surface area (Å²) < 4.78 is 3.62. The molecule has 0 radical (unpaired) electrons. The molecule has 0 unspecified atom stereocenters.